The van der Waals surface area contributed by atoms with Crippen molar-refractivity contribution in [3.63, 3.8) is 0 Å². The average molecular weight is 178 g/mol. The molecule has 0 saturated heterocycles. The summed E-state index contributed by atoms with van der Waals surface area (Å²) in [5.74, 6) is 0. The molecular formula is C10H10OS. The fourth-order valence-electron chi connectivity index (χ4n) is 1.55. The minimum absolute atomic E-state index is 0.626. The highest BCUT2D eigenvalue weighted by atomic mass is 32.2. The smallest absolute Gasteiger partial charge is 0.151 e. The molecule has 1 atom stereocenters. The Balaban J connectivity index is 2.51. The molecule has 1 aliphatic rings. The largest absolute Gasteiger partial charge is 0.298 e. The first-order valence-electron chi connectivity index (χ1n) is 4.05. The van der Waals surface area contributed by atoms with Gasteiger partial charge in [-0.3, -0.25) is 4.79 Å². The normalized spacial score (nSPS) is 20.6. The Labute approximate surface area is 76.2 Å². The van der Waals surface area contributed by atoms with Crippen molar-refractivity contribution in [2.45, 2.75) is 23.5 Å². The maximum atomic E-state index is 10.7. The van der Waals surface area contributed by atoms with Gasteiger partial charge in [-0.2, -0.15) is 0 Å². The monoisotopic (exact) mass is 178 g/mol. The quantitative estimate of drug-likeness (QED) is 0.615. The van der Waals surface area contributed by atoms with Gasteiger partial charge in [-0.05, 0) is 12.0 Å². The standard InChI is InChI=1S/C10H10OS/c1-7-5-8-3-2-4-9(6-11)10(8)12-7/h2-4,6-7H,5H2,1H3. The zero-order valence-electron chi connectivity index (χ0n) is 6.91. The molecule has 2 heteroatoms. The van der Waals surface area contributed by atoms with Crippen molar-refractivity contribution in [2.75, 3.05) is 0 Å². The van der Waals surface area contributed by atoms with Crippen molar-refractivity contribution in [1.29, 1.82) is 0 Å². The Morgan fingerprint density at radius 2 is 2.42 bits per heavy atom. The fraction of sp³-hybridized carbons (Fsp3) is 0.300. The molecule has 62 valence electrons. The summed E-state index contributed by atoms with van der Waals surface area (Å²) in [6.07, 6.45) is 2.05. The molecule has 0 bridgehead atoms. The van der Waals surface area contributed by atoms with Gasteiger partial charge >= 0.3 is 0 Å². The van der Waals surface area contributed by atoms with Crippen LogP contribution in [0.15, 0.2) is 23.1 Å². The van der Waals surface area contributed by atoms with E-state index in [2.05, 4.69) is 13.0 Å². The van der Waals surface area contributed by atoms with E-state index in [9.17, 15) is 4.79 Å². The lowest BCUT2D eigenvalue weighted by atomic mass is 10.1. The number of carbonyl (C=O) groups is 1. The number of rotatable bonds is 1. The predicted molar refractivity (Wildman–Crippen MR) is 50.9 cm³/mol. The van der Waals surface area contributed by atoms with Gasteiger partial charge in [0, 0.05) is 15.7 Å². The van der Waals surface area contributed by atoms with Crippen molar-refractivity contribution in [2.24, 2.45) is 0 Å². The summed E-state index contributed by atoms with van der Waals surface area (Å²) in [7, 11) is 0. The first kappa shape index (κ1) is 7.87. The number of aldehydes is 1. The second-order valence-corrected chi connectivity index (χ2v) is 4.53. The van der Waals surface area contributed by atoms with Crippen molar-refractivity contribution in [1.82, 2.24) is 0 Å². The van der Waals surface area contributed by atoms with Crippen LogP contribution in [0.4, 0.5) is 0 Å². The van der Waals surface area contributed by atoms with E-state index >= 15 is 0 Å². The summed E-state index contributed by atoms with van der Waals surface area (Å²) in [6, 6.07) is 5.96. The lowest BCUT2D eigenvalue weighted by Crippen LogP contribution is -1.90. The fourth-order valence-corrected chi connectivity index (χ4v) is 2.77. The SMILES string of the molecule is CC1Cc2cccc(C=O)c2S1. The minimum Gasteiger partial charge on any atom is -0.298 e. The number of benzene rings is 1. The van der Waals surface area contributed by atoms with Crippen LogP contribution in [0.5, 0.6) is 0 Å². The number of hydrogen-bond donors (Lipinski definition) is 0. The highest BCUT2D eigenvalue weighted by Gasteiger charge is 2.20. The van der Waals surface area contributed by atoms with Gasteiger partial charge in [-0.1, -0.05) is 25.1 Å². The maximum Gasteiger partial charge on any atom is 0.151 e. The van der Waals surface area contributed by atoms with E-state index in [1.54, 1.807) is 0 Å². The Morgan fingerprint density at radius 1 is 1.58 bits per heavy atom. The van der Waals surface area contributed by atoms with Gasteiger partial charge < -0.3 is 0 Å². The number of thioether (sulfide) groups is 1. The van der Waals surface area contributed by atoms with Crippen molar-refractivity contribution in [3.8, 4) is 0 Å². The third-order valence-corrected chi connectivity index (χ3v) is 3.38. The topological polar surface area (TPSA) is 17.1 Å². The molecular weight excluding hydrogens is 168 g/mol. The molecule has 0 aromatic heterocycles. The van der Waals surface area contributed by atoms with Gasteiger partial charge in [0.15, 0.2) is 6.29 Å². The van der Waals surface area contributed by atoms with E-state index in [0.717, 1.165) is 18.3 Å². The van der Waals surface area contributed by atoms with Gasteiger partial charge in [0.1, 0.15) is 0 Å². The highest BCUT2D eigenvalue weighted by molar-refractivity contribution is 8.00. The average Bonchev–Trinajstić information content (AvgIpc) is 2.44. The van der Waals surface area contributed by atoms with Gasteiger partial charge in [0.05, 0.1) is 0 Å². The van der Waals surface area contributed by atoms with Crippen LogP contribution in [-0.4, -0.2) is 11.5 Å². The molecule has 1 aromatic carbocycles. The lowest BCUT2D eigenvalue weighted by Gasteiger charge is -1.99. The zero-order chi connectivity index (χ0) is 8.55. The van der Waals surface area contributed by atoms with Crippen LogP contribution in [0.3, 0.4) is 0 Å². The summed E-state index contributed by atoms with van der Waals surface area (Å²) in [5, 5.41) is 0.626. The minimum atomic E-state index is 0.626. The van der Waals surface area contributed by atoms with E-state index in [1.807, 2.05) is 23.9 Å². The molecule has 1 nitrogen and oxygen atoms in total. The molecule has 0 saturated carbocycles. The van der Waals surface area contributed by atoms with E-state index in [-0.39, 0.29) is 0 Å². The van der Waals surface area contributed by atoms with E-state index < -0.39 is 0 Å². The molecule has 2 rings (SSSR count). The summed E-state index contributed by atoms with van der Waals surface area (Å²) >= 11 is 1.81. The maximum absolute atomic E-state index is 10.7. The summed E-state index contributed by atoms with van der Waals surface area (Å²) in [4.78, 5) is 11.9. The van der Waals surface area contributed by atoms with Crippen LogP contribution in [0.1, 0.15) is 22.8 Å². The van der Waals surface area contributed by atoms with Crippen LogP contribution in [0.2, 0.25) is 0 Å². The second-order valence-electron chi connectivity index (χ2n) is 3.09. The molecule has 12 heavy (non-hydrogen) atoms. The van der Waals surface area contributed by atoms with Crippen molar-refractivity contribution in [3.05, 3.63) is 29.3 Å². The first-order valence-corrected chi connectivity index (χ1v) is 4.93. The third kappa shape index (κ3) is 1.16. The van der Waals surface area contributed by atoms with Crippen LogP contribution >= 0.6 is 11.8 Å². The molecule has 0 amide bonds. The van der Waals surface area contributed by atoms with Gasteiger partial charge in [-0.15, -0.1) is 11.8 Å². The highest BCUT2D eigenvalue weighted by Crippen LogP contribution is 2.38. The van der Waals surface area contributed by atoms with Crippen LogP contribution in [0, 0.1) is 0 Å². The lowest BCUT2D eigenvalue weighted by molar-refractivity contribution is 0.112. The van der Waals surface area contributed by atoms with Gasteiger partial charge in [0.25, 0.3) is 0 Å². The summed E-state index contributed by atoms with van der Waals surface area (Å²) < 4.78 is 0. The van der Waals surface area contributed by atoms with Gasteiger partial charge in [0.2, 0.25) is 0 Å². The molecule has 0 radical (unpaired) electrons. The molecule has 0 aliphatic carbocycles. The number of fused-ring (bicyclic) bond motifs is 1. The van der Waals surface area contributed by atoms with Crippen molar-refractivity contribution < 1.29 is 4.79 Å². The number of carbonyl (C=O) groups excluding carboxylic acids is 1. The Bertz CT molecular complexity index is 320. The first-order chi connectivity index (χ1) is 5.81. The van der Waals surface area contributed by atoms with E-state index in [0.29, 0.717) is 5.25 Å². The summed E-state index contributed by atoms with van der Waals surface area (Å²) in [5.41, 5.74) is 2.18. The van der Waals surface area contributed by atoms with E-state index in [4.69, 9.17) is 0 Å². The Kier molecular flexibility index (Phi) is 1.93. The molecule has 0 fully saturated rings. The van der Waals surface area contributed by atoms with E-state index in [1.165, 1.54) is 10.5 Å². The Hall–Kier alpha value is -0.760. The van der Waals surface area contributed by atoms with Crippen molar-refractivity contribution >= 4 is 18.0 Å². The molecule has 1 unspecified atom stereocenters. The molecule has 1 heterocycles. The van der Waals surface area contributed by atoms with Gasteiger partial charge in [-0.25, -0.2) is 0 Å². The molecule has 1 aliphatic heterocycles. The molecule has 0 N–H and O–H groups in total. The van der Waals surface area contributed by atoms with Crippen LogP contribution in [-0.2, 0) is 6.42 Å². The molecule has 0 spiro atoms. The van der Waals surface area contributed by atoms with Crippen LogP contribution < -0.4 is 0 Å². The van der Waals surface area contributed by atoms with Crippen LogP contribution in [0.25, 0.3) is 0 Å². The number of hydrogen-bond acceptors (Lipinski definition) is 2. The third-order valence-electron chi connectivity index (χ3n) is 2.08. The second kappa shape index (κ2) is 2.94. The zero-order valence-corrected chi connectivity index (χ0v) is 7.73. The summed E-state index contributed by atoms with van der Waals surface area (Å²) in [6.45, 7) is 2.19. The predicted octanol–water partition coefficient (Wildman–Crippen LogP) is 2.54. The Morgan fingerprint density at radius 3 is 3.17 bits per heavy atom. The molecule has 1 aromatic rings.